The highest BCUT2D eigenvalue weighted by atomic mass is 16.4. The molecule has 1 saturated carbocycles. The molecule has 0 aromatic rings. The van der Waals surface area contributed by atoms with Gasteiger partial charge in [0.25, 0.3) is 0 Å². The van der Waals surface area contributed by atoms with Crippen LogP contribution in [0.25, 0.3) is 0 Å². The van der Waals surface area contributed by atoms with Crippen LogP contribution in [0.4, 0.5) is 0 Å². The Morgan fingerprint density at radius 3 is 1.72 bits per heavy atom. The third kappa shape index (κ3) is 4.11. The van der Waals surface area contributed by atoms with Gasteiger partial charge in [-0.25, -0.2) is 0 Å². The van der Waals surface area contributed by atoms with Crippen molar-refractivity contribution < 1.29 is 14.7 Å². The van der Waals surface area contributed by atoms with Crippen molar-refractivity contribution in [2.24, 2.45) is 11.3 Å². The van der Waals surface area contributed by atoms with Crippen molar-refractivity contribution in [1.82, 2.24) is 0 Å². The maximum absolute atomic E-state index is 12.3. The van der Waals surface area contributed by atoms with Crippen LogP contribution in [0, 0.1) is 11.3 Å². The Kier molecular flexibility index (Phi) is 5.83. The predicted octanol–water partition coefficient (Wildman–Crippen LogP) is 3.81. The van der Waals surface area contributed by atoms with Gasteiger partial charge < -0.3 is 5.11 Å². The van der Waals surface area contributed by atoms with Gasteiger partial charge in [0.05, 0.1) is 0 Å². The molecule has 18 heavy (non-hydrogen) atoms. The summed E-state index contributed by atoms with van der Waals surface area (Å²) in [5.41, 5.74) is -0.421. The number of carbonyl (C=O) groups excluding carboxylic acids is 1. The van der Waals surface area contributed by atoms with Gasteiger partial charge in [0.15, 0.2) is 5.78 Å². The van der Waals surface area contributed by atoms with E-state index in [-0.39, 0.29) is 5.78 Å². The van der Waals surface area contributed by atoms with Gasteiger partial charge in [0.2, 0.25) is 0 Å². The Bertz CT molecular complexity index is 286. The average Bonchev–Trinajstić information content (AvgIpc) is 2.35. The van der Waals surface area contributed by atoms with Crippen LogP contribution in [-0.4, -0.2) is 16.9 Å². The first-order valence-electron chi connectivity index (χ1n) is 7.24. The lowest BCUT2D eigenvalue weighted by Gasteiger charge is -2.30. The van der Waals surface area contributed by atoms with Gasteiger partial charge in [-0.1, -0.05) is 51.9 Å². The molecule has 1 unspecified atom stereocenters. The molecule has 0 saturated heterocycles. The SMILES string of the molecule is CC(C(=O)O)C(=O)C1(C)CCCCCCCCC1. The number of aliphatic carboxylic acids is 1. The summed E-state index contributed by atoms with van der Waals surface area (Å²) in [6.45, 7) is 3.49. The average molecular weight is 254 g/mol. The van der Waals surface area contributed by atoms with E-state index < -0.39 is 17.3 Å². The van der Waals surface area contributed by atoms with E-state index in [0.29, 0.717) is 0 Å². The van der Waals surface area contributed by atoms with Crippen molar-refractivity contribution >= 4 is 11.8 Å². The molecule has 0 spiro atoms. The molecule has 1 rings (SSSR count). The van der Waals surface area contributed by atoms with E-state index >= 15 is 0 Å². The number of Topliss-reactive ketones (excluding diaryl/α,β-unsaturated/α-hetero) is 1. The molecule has 0 aromatic heterocycles. The topological polar surface area (TPSA) is 54.4 Å². The Hall–Kier alpha value is -0.860. The lowest BCUT2D eigenvalue weighted by molar-refractivity contribution is -0.149. The molecule has 0 bridgehead atoms. The summed E-state index contributed by atoms with van der Waals surface area (Å²) in [5, 5.41) is 9.00. The van der Waals surface area contributed by atoms with Gasteiger partial charge in [-0.2, -0.15) is 0 Å². The fourth-order valence-corrected chi connectivity index (χ4v) is 2.92. The zero-order valence-corrected chi connectivity index (χ0v) is 11.7. The van der Waals surface area contributed by atoms with Gasteiger partial charge in [0, 0.05) is 5.41 Å². The van der Waals surface area contributed by atoms with E-state index in [2.05, 4.69) is 0 Å². The third-order valence-electron chi connectivity index (χ3n) is 4.32. The molecule has 3 nitrogen and oxygen atoms in total. The maximum Gasteiger partial charge on any atom is 0.313 e. The van der Waals surface area contributed by atoms with E-state index in [4.69, 9.17) is 5.11 Å². The minimum atomic E-state index is -0.988. The number of ketones is 1. The van der Waals surface area contributed by atoms with E-state index in [1.54, 1.807) is 0 Å². The zero-order chi connectivity index (χ0) is 13.6. The minimum absolute atomic E-state index is 0.0735. The number of carboxylic acids is 1. The Morgan fingerprint density at radius 1 is 0.944 bits per heavy atom. The molecule has 0 heterocycles. The van der Waals surface area contributed by atoms with Crippen LogP contribution < -0.4 is 0 Å². The number of hydrogen-bond acceptors (Lipinski definition) is 2. The van der Waals surface area contributed by atoms with Crippen molar-refractivity contribution in [3.8, 4) is 0 Å². The molecule has 1 atom stereocenters. The monoisotopic (exact) mass is 254 g/mol. The normalized spacial score (nSPS) is 23.0. The first-order chi connectivity index (χ1) is 8.47. The summed E-state index contributed by atoms with van der Waals surface area (Å²) in [5.74, 6) is -1.92. The van der Waals surface area contributed by atoms with Crippen LogP contribution in [0.3, 0.4) is 0 Å². The fraction of sp³-hybridized carbons (Fsp3) is 0.867. The smallest absolute Gasteiger partial charge is 0.313 e. The van der Waals surface area contributed by atoms with Gasteiger partial charge >= 0.3 is 5.97 Å². The second-order valence-corrected chi connectivity index (χ2v) is 5.96. The number of rotatable bonds is 3. The fourth-order valence-electron chi connectivity index (χ4n) is 2.92. The van der Waals surface area contributed by atoms with Crippen LogP contribution in [0.2, 0.25) is 0 Å². The molecule has 0 radical (unpaired) electrons. The first kappa shape index (κ1) is 15.2. The molecule has 1 aliphatic carbocycles. The lowest BCUT2D eigenvalue weighted by Crippen LogP contribution is -2.36. The van der Waals surface area contributed by atoms with Crippen LogP contribution in [0.15, 0.2) is 0 Å². The van der Waals surface area contributed by atoms with Gasteiger partial charge in [-0.05, 0) is 19.8 Å². The van der Waals surface area contributed by atoms with E-state index in [0.717, 1.165) is 25.7 Å². The molecule has 0 aliphatic heterocycles. The molecule has 0 aromatic carbocycles. The Morgan fingerprint density at radius 2 is 1.33 bits per heavy atom. The first-order valence-corrected chi connectivity index (χ1v) is 7.24. The van der Waals surface area contributed by atoms with Gasteiger partial charge in [-0.3, -0.25) is 9.59 Å². The summed E-state index contributed by atoms with van der Waals surface area (Å²) in [7, 11) is 0. The van der Waals surface area contributed by atoms with E-state index in [1.165, 1.54) is 39.0 Å². The Balaban J connectivity index is 2.71. The summed E-state index contributed by atoms with van der Waals surface area (Å²) >= 11 is 0. The molecule has 0 amide bonds. The highest BCUT2D eigenvalue weighted by molar-refractivity contribution is 6.00. The molecule has 1 aliphatic rings. The van der Waals surface area contributed by atoms with Crippen LogP contribution >= 0.6 is 0 Å². The predicted molar refractivity (Wildman–Crippen MR) is 71.5 cm³/mol. The highest BCUT2D eigenvalue weighted by Crippen LogP contribution is 2.35. The molecule has 1 fully saturated rings. The maximum atomic E-state index is 12.3. The molecule has 1 N–H and O–H groups in total. The number of hydrogen-bond donors (Lipinski definition) is 1. The van der Waals surface area contributed by atoms with Crippen LogP contribution in [0.5, 0.6) is 0 Å². The van der Waals surface area contributed by atoms with Gasteiger partial charge in [0.1, 0.15) is 5.92 Å². The molecular formula is C15H26O3. The van der Waals surface area contributed by atoms with E-state index in [1.807, 2.05) is 6.92 Å². The highest BCUT2D eigenvalue weighted by Gasteiger charge is 2.37. The number of carboxylic acid groups (broad SMARTS) is 1. The van der Waals surface area contributed by atoms with Crippen molar-refractivity contribution in [2.75, 3.05) is 0 Å². The van der Waals surface area contributed by atoms with E-state index in [9.17, 15) is 9.59 Å². The standard InChI is InChI=1S/C15H26O3/c1-12(14(17)18)13(16)15(2)10-8-6-4-3-5-7-9-11-15/h12H,3-11H2,1-2H3,(H,17,18). The lowest BCUT2D eigenvalue weighted by atomic mass is 9.72. The van der Waals surface area contributed by atoms with Gasteiger partial charge in [-0.15, -0.1) is 0 Å². The largest absolute Gasteiger partial charge is 0.481 e. The van der Waals surface area contributed by atoms with Crippen LogP contribution in [-0.2, 0) is 9.59 Å². The quantitative estimate of drug-likeness (QED) is 0.779. The van der Waals surface area contributed by atoms with Crippen molar-refractivity contribution in [1.29, 1.82) is 0 Å². The minimum Gasteiger partial charge on any atom is -0.481 e. The molecular weight excluding hydrogens is 228 g/mol. The summed E-state index contributed by atoms with van der Waals surface area (Å²) < 4.78 is 0. The number of carbonyl (C=O) groups is 2. The summed E-state index contributed by atoms with van der Waals surface area (Å²) in [4.78, 5) is 23.3. The summed E-state index contributed by atoms with van der Waals surface area (Å²) in [6.07, 6.45) is 9.94. The van der Waals surface area contributed by atoms with Crippen molar-refractivity contribution in [3.05, 3.63) is 0 Å². The second kappa shape index (κ2) is 6.91. The third-order valence-corrected chi connectivity index (χ3v) is 4.32. The second-order valence-electron chi connectivity index (χ2n) is 5.96. The molecule has 3 heteroatoms. The van der Waals surface area contributed by atoms with Crippen LogP contribution in [0.1, 0.15) is 71.6 Å². The van der Waals surface area contributed by atoms with Crippen molar-refractivity contribution in [2.45, 2.75) is 71.6 Å². The zero-order valence-electron chi connectivity index (χ0n) is 11.7. The summed E-state index contributed by atoms with van der Waals surface area (Å²) in [6, 6.07) is 0. The molecule has 104 valence electrons. The Labute approximate surface area is 110 Å². The van der Waals surface area contributed by atoms with Crippen molar-refractivity contribution in [3.63, 3.8) is 0 Å².